The molecule has 1 saturated heterocycles. The van der Waals surface area contributed by atoms with Crippen molar-refractivity contribution >= 4 is 11.8 Å². The minimum Gasteiger partial charge on any atom is -0.493 e. The molecule has 1 aromatic carbocycles. The van der Waals surface area contributed by atoms with Crippen LogP contribution in [-0.2, 0) is 0 Å². The second-order valence-electron chi connectivity index (χ2n) is 3.88. The van der Waals surface area contributed by atoms with E-state index in [1.165, 1.54) is 0 Å². The molecular formula is C13H15NO2S. The number of rotatable bonds is 3. The van der Waals surface area contributed by atoms with Gasteiger partial charge in [-0.3, -0.25) is 0 Å². The van der Waals surface area contributed by atoms with Crippen LogP contribution in [0.1, 0.15) is 18.4 Å². The van der Waals surface area contributed by atoms with Gasteiger partial charge in [-0.25, -0.2) is 0 Å². The lowest BCUT2D eigenvalue weighted by Crippen LogP contribution is -2.22. The Morgan fingerprint density at radius 1 is 1.35 bits per heavy atom. The average molecular weight is 249 g/mol. The zero-order chi connectivity index (χ0) is 12.1. The zero-order valence-electron chi connectivity index (χ0n) is 9.81. The molecule has 1 aliphatic rings. The molecule has 0 radical (unpaired) electrons. The highest BCUT2D eigenvalue weighted by molar-refractivity contribution is 7.99. The van der Waals surface area contributed by atoms with E-state index in [-0.39, 0.29) is 6.10 Å². The number of para-hydroxylation sites is 1. The van der Waals surface area contributed by atoms with Crippen LogP contribution in [0.15, 0.2) is 18.2 Å². The maximum atomic E-state index is 9.08. The summed E-state index contributed by atoms with van der Waals surface area (Å²) < 4.78 is 11.2. The number of thioether (sulfide) groups is 1. The van der Waals surface area contributed by atoms with Gasteiger partial charge in [0.05, 0.1) is 12.7 Å². The Hall–Kier alpha value is -1.34. The van der Waals surface area contributed by atoms with Gasteiger partial charge >= 0.3 is 0 Å². The first-order valence-corrected chi connectivity index (χ1v) is 6.82. The molecular weight excluding hydrogens is 234 g/mol. The summed E-state index contributed by atoms with van der Waals surface area (Å²) in [6, 6.07) is 7.54. The van der Waals surface area contributed by atoms with Crippen molar-refractivity contribution < 1.29 is 9.47 Å². The highest BCUT2D eigenvalue weighted by Crippen LogP contribution is 2.33. The number of hydrogen-bond donors (Lipinski definition) is 0. The van der Waals surface area contributed by atoms with Crippen LogP contribution in [-0.4, -0.2) is 24.7 Å². The summed E-state index contributed by atoms with van der Waals surface area (Å²) in [5.74, 6) is 3.49. The minimum atomic E-state index is 0.208. The van der Waals surface area contributed by atoms with Crippen LogP contribution in [0.4, 0.5) is 0 Å². The van der Waals surface area contributed by atoms with Crippen molar-refractivity contribution in [2.45, 2.75) is 18.9 Å². The Morgan fingerprint density at radius 2 is 2.12 bits per heavy atom. The summed E-state index contributed by atoms with van der Waals surface area (Å²) in [6.45, 7) is 0. The van der Waals surface area contributed by atoms with Gasteiger partial charge in [0.25, 0.3) is 0 Å². The fraction of sp³-hybridized carbons (Fsp3) is 0.462. The first-order chi connectivity index (χ1) is 8.35. The van der Waals surface area contributed by atoms with E-state index in [9.17, 15) is 0 Å². The number of ether oxygens (including phenoxy) is 2. The van der Waals surface area contributed by atoms with Crippen LogP contribution >= 0.6 is 11.8 Å². The Balaban J connectivity index is 2.20. The normalized spacial score (nSPS) is 16.2. The molecule has 4 heteroatoms. The van der Waals surface area contributed by atoms with Gasteiger partial charge < -0.3 is 9.47 Å². The zero-order valence-corrected chi connectivity index (χ0v) is 10.6. The van der Waals surface area contributed by atoms with Gasteiger partial charge in [0, 0.05) is 0 Å². The van der Waals surface area contributed by atoms with Crippen LogP contribution in [0.25, 0.3) is 0 Å². The van der Waals surface area contributed by atoms with E-state index in [0.29, 0.717) is 17.1 Å². The number of benzene rings is 1. The van der Waals surface area contributed by atoms with Gasteiger partial charge in [0.15, 0.2) is 11.5 Å². The molecule has 0 aliphatic carbocycles. The lowest BCUT2D eigenvalue weighted by Gasteiger charge is -2.24. The molecule has 1 aliphatic heterocycles. The maximum Gasteiger partial charge on any atom is 0.179 e. The molecule has 0 bridgehead atoms. The van der Waals surface area contributed by atoms with Gasteiger partial charge in [-0.1, -0.05) is 6.07 Å². The molecule has 90 valence electrons. The maximum absolute atomic E-state index is 9.08. The molecule has 0 N–H and O–H groups in total. The fourth-order valence-corrected chi connectivity index (χ4v) is 2.91. The fourth-order valence-electron chi connectivity index (χ4n) is 1.85. The molecule has 0 spiro atoms. The monoisotopic (exact) mass is 249 g/mol. The minimum absolute atomic E-state index is 0.208. The van der Waals surface area contributed by atoms with Crippen molar-refractivity contribution in [2.24, 2.45) is 0 Å². The van der Waals surface area contributed by atoms with E-state index in [2.05, 4.69) is 6.07 Å². The van der Waals surface area contributed by atoms with Gasteiger partial charge in [-0.2, -0.15) is 17.0 Å². The largest absolute Gasteiger partial charge is 0.493 e. The molecule has 0 aromatic heterocycles. The lowest BCUT2D eigenvalue weighted by molar-refractivity contribution is 0.184. The predicted molar refractivity (Wildman–Crippen MR) is 68.7 cm³/mol. The van der Waals surface area contributed by atoms with Gasteiger partial charge in [-0.15, -0.1) is 0 Å². The summed E-state index contributed by atoms with van der Waals surface area (Å²) in [7, 11) is 1.60. The first-order valence-electron chi connectivity index (χ1n) is 5.66. The van der Waals surface area contributed by atoms with Crippen LogP contribution in [0, 0.1) is 11.3 Å². The van der Waals surface area contributed by atoms with Gasteiger partial charge in [0.1, 0.15) is 12.2 Å². The Morgan fingerprint density at radius 3 is 2.76 bits per heavy atom. The molecule has 1 heterocycles. The Labute approximate surface area is 106 Å². The summed E-state index contributed by atoms with van der Waals surface area (Å²) in [6.07, 6.45) is 2.28. The standard InChI is InChI=1S/C13H15NO2S/c1-15-12-4-2-3-10(9-14)13(12)16-11-5-7-17-8-6-11/h2-4,11H,5-8H2,1H3. The lowest BCUT2D eigenvalue weighted by atomic mass is 10.1. The second kappa shape index (κ2) is 5.83. The Kier molecular flexibility index (Phi) is 4.16. The molecule has 2 rings (SSSR count). The van der Waals surface area contributed by atoms with E-state index in [1.54, 1.807) is 19.2 Å². The van der Waals surface area contributed by atoms with Crippen LogP contribution in [0.3, 0.4) is 0 Å². The summed E-state index contributed by atoms with van der Waals surface area (Å²) >= 11 is 1.95. The number of hydrogen-bond acceptors (Lipinski definition) is 4. The summed E-state index contributed by atoms with van der Waals surface area (Å²) in [5.41, 5.74) is 0.544. The quantitative estimate of drug-likeness (QED) is 0.826. The van der Waals surface area contributed by atoms with Crippen molar-refractivity contribution in [3.05, 3.63) is 23.8 Å². The van der Waals surface area contributed by atoms with Crippen LogP contribution in [0.2, 0.25) is 0 Å². The molecule has 0 unspecified atom stereocenters. The van der Waals surface area contributed by atoms with E-state index in [4.69, 9.17) is 14.7 Å². The third-order valence-electron chi connectivity index (χ3n) is 2.77. The molecule has 17 heavy (non-hydrogen) atoms. The molecule has 0 saturated carbocycles. The average Bonchev–Trinajstić information content (AvgIpc) is 2.40. The highest BCUT2D eigenvalue weighted by atomic mass is 32.2. The van der Waals surface area contributed by atoms with Gasteiger partial charge in [-0.05, 0) is 36.5 Å². The van der Waals surface area contributed by atoms with Crippen molar-refractivity contribution in [3.63, 3.8) is 0 Å². The van der Waals surface area contributed by atoms with Crippen LogP contribution in [0.5, 0.6) is 11.5 Å². The molecule has 3 nitrogen and oxygen atoms in total. The Bertz CT molecular complexity index is 422. The molecule has 1 aromatic rings. The second-order valence-corrected chi connectivity index (χ2v) is 5.10. The molecule has 0 atom stereocenters. The van der Waals surface area contributed by atoms with E-state index in [0.717, 1.165) is 24.3 Å². The van der Waals surface area contributed by atoms with Gasteiger partial charge in [0.2, 0.25) is 0 Å². The summed E-state index contributed by atoms with van der Waals surface area (Å²) in [5, 5.41) is 9.08. The molecule has 1 fully saturated rings. The van der Waals surface area contributed by atoms with Crippen LogP contribution < -0.4 is 9.47 Å². The van der Waals surface area contributed by atoms with E-state index < -0.39 is 0 Å². The third kappa shape index (κ3) is 2.86. The smallest absolute Gasteiger partial charge is 0.179 e. The third-order valence-corrected chi connectivity index (χ3v) is 3.82. The van der Waals surface area contributed by atoms with Crippen molar-refractivity contribution in [1.82, 2.24) is 0 Å². The number of nitrogens with zero attached hydrogens (tertiary/aromatic N) is 1. The van der Waals surface area contributed by atoms with E-state index in [1.807, 2.05) is 17.8 Å². The van der Waals surface area contributed by atoms with Crippen molar-refractivity contribution in [1.29, 1.82) is 5.26 Å². The van der Waals surface area contributed by atoms with Crippen molar-refractivity contribution in [3.8, 4) is 17.6 Å². The summed E-state index contributed by atoms with van der Waals surface area (Å²) in [4.78, 5) is 0. The number of nitriles is 1. The topological polar surface area (TPSA) is 42.2 Å². The molecule has 0 amide bonds. The predicted octanol–water partition coefficient (Wildman–Crippen LogP) is 2.84. The number of methoxy groups -OCH3 is 1. The first kappa shape index (κ1) is 12.1. The highest BCUT2D eigenvalue weighted by Gasteiger charge is 2.19. The van der Waals surface area contributed by atoms with E-state index >= 15 is 0 Å². The SMILES string of the molecule is COc1cccc(C#N)c1OC1CCSCC1. The van der Waals surface area contributed by atoms with Crippen molar-refractivity contribution in [2.75, 3.05) is 18.6 Å².